The van der Waals surface area contributed by atoms with E-state index in [1.807, 2.05) is 86.6 Å². The van der Waals surface area contributed by atoms with Crippen molar-refractivity contribution < 1.29 is 14.4 Å². The van der Waals surface area contributed by atoms with Gasteiger partial charge in [-0.3, -0.25) is 14.5 Å². The van der Waals surface area contributed by atoms with Gasteiger partial charge in [-0.2, -0.15) is 0 Å². The van der Waals surface area contributed by atoms with Crippen molar-refractivity contribution in [1.29, 1.82) is 0 Å². The summed E-state index contributed by atoms with van der Waals surface area (Å²) in [6.45, 7) is 4.25. The highest BCUT2D eigenvalue weighted by Crippen LogP contribution is 2.37. The molecule has 0 spiro atoms. The van der Waals surface area contributed by atoms with Crippen LogP contribution >= 0.6 is 0 Å². The van der Waals surface area contributed by atoms with Crippen molar-refractivity contribution in [2.45, 2.75) is 32.2 Å². The summed E-state index contributed by atoms with van der Waals surface area (Å²) >= 11 is 0. The van der Waals surface area contributed by atoms with E-state index in [-0.39, 0.29) is 12.5 Å². The van der Waals surface area contributed by atoms with E-state index in [0.717, 1.165) is 40.1 Å². The fourth-order valence-electron chi connectivity index (χ4n) is 4.95. The minimum absolute atomic E-state index is 0.264. The third-order valence-electron chi connectivity index (χ3n) is 6.96. The van der Waals surface area contributed by atoms with Crippen molar-refractivity contribution in [3.05, 3.63) is 101 Å². The standard InChI is InChI=1S/C28H27N3O3/c1-19-14-15-23(17-20(19)2)28(22-11-4-3-5-12-22)26(33)31(27(34)29-28)18-25(32)30-16-8-10-21-9-6-7-13-24(21)30/h3-7,9,11-15,17H,8,10,16,18H2,1-2H3,(H,29,34). The largest absolute Gasteiger partial charge is 0.326 e. The molecular weight excluding hydrogens is 426 g/mol. The summed E-state index contributed by atoms with van der Waals surface area (Å²) in [4.78, 5) is 43.2. The van der Waals surface area contributed by atoms with E-state index < -0.39 is 17.5 Å². The number of nitrogens with one attached hydrogen (secondary N) is 1. The van der Waals surface area contributed by atoms with Crippen molar-refractivity contribution in [3.8, 4) is 0 Å². The first kappa shape index (κ1) is 21.9. The fourth-order valence-corrected chi connectivity index (χ4v) is 4.95. The Morgan fingerprint density at radius 3 is 2.41 bits per heavy atom. The molecule has 2 heterocycles. The van der Waals surface area contributed by atoms with Crippen molar-refractivity contribution in [3.63, 3.8) is 0 Å². The number of fused-ring (bicyclic) bond motifs is 1. The molecular formula is C28H27N3O3. The first-order chi connectivity index (χ1) is 16.4. The van der Waals surface area contributed by atoms with Gasteiger partial charge < -0.3 is 10.2 Å². The van der Waals surface area contributed by atoms with Crippen LogP contribution in [0.5, 0.6) is 0 Å². The number of amides is 4. The predicted molar refractivity (Wildman–Crippen MR) is 130 cm³/mol. The summed E-state index contributed by atoms with van der Waals surface area (Å²) in [7, 11) is 0. The molecule has 2 aliphatic rings. The Labute approximate surface area is 199 Å². The van der Waals surface area contributed by atoms with Gasteiger partial charge in [-0.05, 0) is 60.6 Å². The van der Waals surface area contributed by atoms with Crippen LogP contribution in [0.2, 0.25) is 0 Å². The fraction of sp³-hybridized carbons (Fsp3) is 0.250. The predicted octanol–water partition coefficient (Wildman–Crippen LogP) is 4.08. The molecule has 0 aromatic heterocycles. The van der Waals surface area contributed by atoms with E-state index in [1.54, 1.807) is 4.90 Å². The molecule has 2 aliphatic heterocycles. The normalized spacial score (nSPS) is 19.7. The van der Waals surface area contributed by atoms with Crippen molar-refractivity contribution >= 4 is 23.5 Å². The summed E-state index contributed by atoms with van der Waals surface area (Å²) in [5.74, 6) is -0.704. The minimum Gasteiger partial charge on any atom is -0.315 e. The lowest BCUT2D eigenvalue weighted by molar-refractivity contribution is -0.133. The summed E-state index contributed by atoms with van der Waals surface area (Å²) < 4.78 is 0. The quantitative estimate of drug-likeness (QED) is 0.606. The van der Waals surface area contributed by atoms with Crippen LogP contribution in [-0.4, -0.2) is 35.8 Å². The second-order valence-corrected chi connectivity index (χ2v) is 9.01. The van der Waals surface area contributed by atoms with Gasteiger partial charge >= 0.3 is 6.03 Å². The summed E-state index contributed by atoms with van der Waals surface area (Å²) in [6.07, 6.45) is 1.76. The van der Waals surface area contributed by atoms with E-state index in [1.165, 1.54) is 0 Å². The molecule has 6 heteroatoms. The van der Waals surface area contributed by atoms with E-state index in [0.29, 0.717) is 17.7 Å². The molecule has 1 unspecified atom stereocenters. The molecule has 1 fully saturated rings. The average molecular weight is 454 g/mol. The summed E-state index contributed by atoms with van der Waals surface area (Å²) in [5, 5.41) is 2.94. The number of carbonyl (C=O) groups is 3. The molecule has 34 heavy (non-hydrogen) atoms. The molecule has 1 atom stereocenters. The van der Waals surface area contributed by atoms with Crippen LogP contribution in [0.3, 0.4) is 0 Å². The molecule has 5 rings (SSSR count). The van der Waals surface area contributed by atoms with Gasteiger partial charge in [-0.15, -0.1) is 0 Å². The Morgan fingerprint density at radius 2 is 1.65 bits per heavy atom. The number of anilines is 1. The molecule has 3 aromatic carbocycles. The SMILES string of the molecule is Cc1ccc(C2(c3ccccc3)NC(=O)N(CC(=O)N3CCCc4ccccc43)C2=O)cc1C. The van der Waals surface area contributed by atoms with E-state index >= 15 is 0 Å². The number of hydrogen-bond acceptors (Lipinski definition) is 3. The van der Waals surface area contributed by atoms with Crippen LogP contribution in [0.4, 0.5) is 10.5 Å². The zero-order valence-electron chi connectivity index (χ0n) is 19.4. The monoisotopic (exact) mass is 453 g/mol. The van der Waals surface area contributed by atoms with Gasteiger partial charge in [0.1, 0.15) is 6.54 Å². The first-order valence-corrected chi connectivity index (χ1v) is 11.6. The van der Waals surface area contributed by atoms with E-state index in [2.05, 4.69) is 5.32 Å². The number of nitrogens with zero attached hydrogens (tertiary/aromatic N) is 2. The minimum atomic E-state index is -1.38. The lowest BCUT2D eigenvalue weighted by Gasteiger charge is -2.31. The summed E-state index contributed by atoms with van der Waals surface area (Å²) in [5.41, 5.74) is 4.04. The van der Waals surface area contributed by atoms with E-state index in [4.69, 9.17) is 0 Å². The zero-order chi connectivity index (χ0) is 23.9. The molecule has 1 saturated heterocycles. The Bertz CT molecular complexity index is 1290. The Kier molecular flexibility index (Phi) is 5.44. The number of aryl methyl sites for hydroxylation is 3. The maximum Gasteiger partial charge on any atom is 0.326 e. The third-order valence-corrected chi connectivity index (χ3v) is 6.96. The molecule has 0 saturated carbocycles. The second kappa shape index (κ2) is 8.45. The van der Waals surface area contributed by atoms with Crippen LogP contribution in [0.1, 0.15) is 34.2 Å². The van der Waals surface area contributed by atoms with Crippen LogP contribution in [-0.2, 0) is 21.5 Å². The number of hydrogen-bond donors (Lipinski definition) is 1. The van der Waals surface area contributed by atoms with Crippen LogP contribution < -0.4 is 10.2 Å². The van der Waals surface area contributed by atoms with Crippen LogP contribution in [0, 0.1) is 13.8 Å². The van der Waals surface area contributed by atoms with Crippen molar-refractivity contribution in [2.75, 3.05) is 18.0 Å². The molecule has 0 radical (unpaired) electrons. The van der Waals surface area contributed by atoms with Gasteiger partial charge in [-0.1, -0.05) is 66.7 Å². The number of rotatable bonds is 4. The van der Waals surface area contributed by atoms with E-state index in [9.17, 15) is 14.4 Å². The van der Waals surface area contributed by atoms with Crippen LogP contribution in [0.15, 0.2) is 72.8 Å². The second-order valence-electron chi connectivity index (χ2n) is 9.01. The van der Waals surface area contributed by atoms with Crippen LogP contribution in [0.25, 0.3) is 0 Å². The summed E-state index contributed by atoms with van der Waals surface area (Å²) in [6, 6.07) is 22.2. The molecule has 6 nitrogen and oxygen atoms in total. The topological polar surface area (TPSA) is 69.7 Å². The van der Waals surface area contributed by atoms with Crippen molar-refractivity contribution in [2.24, 2.45) is 0 Å². The molecule has 172 valence electrons. The lowest BCUT2D eigenvalue weighted by atomic mass is 9.81. The maximum absolute atomic E-state index is 14.0. The molecule has 0 bridgehead atoms. The highest BCUT2D eigenvalue weighted by molar-refractivity contribution is 6.12. The van der Waals surface area contributed by atoms with Gasteiger partial charge in [0.05, 0.1) is 0 Å². The molecule has 0 aliphatic carbocycles. The van der Waals surface area contributed by atoms with Gasteiger partial charge in [0.25, 0.3) is 5.91 Å². The van der Waals surface area contributed by atoms with Gasteiger partial charge in [0.2, 0.25) is 5.91 Å². The molecule has 4 amide bonds. The highest BCUT2D eigenvalue weighted by atomic mass is 16.2. The number of carbonyl (C=O) groups excluding carboxylic acids is 3. The number of imide groups is 1. The van der Waals surface area contributed by atoms with Gasteiger partial charge in [0.15, 0.2) is 5.54 Å². The Hall–Kier alpha value is -3.93. The lowest BCUT2D eigenvalue weighted by Crippen LogP contribution is -2.47. The zero-order valence-corrected chi connectivity index (χ0v) is 19.4. The smallest absolute Gasteiger partial charge is 0.315 e. The third kappa shape index (κ3) is 3.46. The number of para-hydroxylation sites is 1. The Balaban J connectivity index is 1.51. The van der Waals surface area contributed by atoms with Gasteiger partial charge in [0, 0.05) is 12.2 Å². The Morgan fingerprint density at radius 1 is 0.912 bits per heavy atom. The highest BCUT2D eigenvalue weighted by Gasteiger charge is 2.54. The average Bonchev–Trinajstić information content (AvgIpc) is 3.11. The first-order valence-electron chi connectivity index (χ1n) is 11.6. The van der Waals surface area contributed by atoms with Gasteiger partial charge in [-0.25, -0.2) is 4.79 Å². The number of benzene rings is 3. The van der Waals surface area contributed by atoms with Crippen molar-refractivity contribution in [1.82, 2.24) is 10.2 Å². The molecule has 3 aromatic rings. The molecule has 1 N–H and O–H groups in total. The maximum atomic E-state index is 14.0. The number of urea groups is 1.